The van der Waals surface area contributed by atoms with Crippen LogP contribution in [0.1, 0.15) is 37.7 Å². The summed E-state index contributed by atoms with van der Waals surface area (Å²) in [6.45, 7) is 4.51. The Morgan fingerprint density at radius 2 is 2.36 bits per heavy atom. The average molecular weight is 212 g/mol. The van der Waals surface area contributed by atoms with Crippen molar-refractivity contribution in [1.29, 1.82) is 0 Å². The van der Waals surface area contributed by atoms with Crippen molar-refractivity contribution in [1.82, 2.24) is 0 Å². The average Bonchev–Trinajstić information content (AvgIpc) is 2.67. The van der Waals surface area contributed by atoms with E-state index in [0.29, 0.717) is 13.0 Å². The zero-order valence-electron chi connectivity index (χ0n) is 8.66. The van der Waals surface area contributed by atoms with Crippen LogP contribution in [0.5, 0.6) is 0 Å². The van der Waals surface area contributed by atoms with E-state index >= 15 is 0 Å². The first-order valence-corrected chi connectivity index (χ1v) is 5.85. The summed E-state index contributed by atoms with van der Waals surface area (Å²) in [7, 11) is 0. The lowest BCUT2D eigenvalue weighted by molar-refractivity contribution is -0.130. The number of rotatable bonds is 6. The minimum atomic E-state index is -0.333. The van der Waals surface area contributed by atoms with Crippen LogP contribution in [0.4, 0.5) is 0 Å². The molecule has 0 bridgehead atoms. The Labute approximate surface area is 88.9 Å². The van der Waals surface area contributed by atoms with Crippen LogP contribution in [0.15, 0.2) is 17.5 Å². The van der Waals surface area contributed by atoms with E-state index in [1.54, 1.807) is 11.3 Å². The van der Waals surface area contributed by atoms with Crippen molar-refractivity contribution >= 4 is 17.1 Å². The number of ketones is 1. The fourth-order valence-electron chi connectivity index (χ4n) is 1.32. The lowest BCUT2D eigenvalue weighted by Gasteiger charge is -2.13. The minimum absolute atomic E-state index is 0.191. The van der Waals surface area contributed by atoms with Gasteiger partial charge in [0, 0.05) is 17.9 Å². The van der Waals surface area contributed by atoms with Gasteiger partial charge in [-0.25, -0.2) is 0 Å². The maximum Gasteiger partial charge on any atom is 0.166 e. The second-order valence-corrected chi connectivity index (χ2v) is 4.05. The van der Waals surface area contributed by atoms with Gasteiger partial charge in [-0.1, -0.05) is 13.0 Å². The van der Waals surface area contributed by atoms with Crippen LogP contribution in [0.25, 0.3) is 0 Å². The molecule has 0 radical (unpaired) electrons. The van der Waals surface area contributed by atoms with Crippen molar-refractivity contribution in [3.05, 3.63) is 22.4 Å². The third-order valence-electron chi connectivity index (χ3n) is 1.92. The second-order valence-electron chi connectivity index (χ2n) is 3.07. The molecule has 0 saturated heterocycles. The van der Waals surface area contributed by atoms with Gasteiger partial charge >= 0.3 is 0 Å². The molecule has 0 fully saturated rings. The fourth-order valence-corrected chi connectivity index (χ4v) is 2.11. The Morgan fingerprint density at radius 3 is 2.86 bits per heavy atom. The Bertz CT molecular complexity index is 267. The highest BCUT2D eigenvalue weighted by molar-refractivity contribution is 7.10. The first-order valence-electron chi connectivity index (χ1n) is 4.97. The Hall–Kier alpha value is -0.670. The zero-order valence-corrected chi connectivity index (χ0v) is 9.47. The summed E-state index contributed by atoms with van der Waals surface area (Å²) in [6, 6.07) is 3.91. The van der Waals surface area contributed by atoms with Crippen molar-refractivity contribution in [2.45, 2.75) is 32.8 Å². The molecule has 1 unspecified atom stereocenters. The van der Waals surface area contributed by atoms with Crippen LogP contribution >= 0.6 is 11.3 Å². The van der Waals surface area contributed by atoms with E-state index in [1.165, 1.54) is 0 Å². The number of carbonyl (C=O) groups is 1. The van der Waals surface area contributed by atoms with Gasteiger partial charge in [-0.05, 0) is 24.8 Å². The molecular weight excluding hydrogens is 196 g/mol. The molecule has 0 aliphatic heterocycles. The molecule has 0 amide bonds. The molecule has 1 atom stereocenters. The molecule has 14 heavy (non-hydrogen) atoms. The van der Waals surface area contributed by atoms with Crippen LogP contribution in [0.3, 0.4) is 0 Å². The van der Waals surface area contributed by atoms with Gasteiger partial charge in [0.15, 0.2) is 5.78 Å². The topological polar surface area (TPSA) is 26.3 Å². The normalized spacial score (nSPS) is 12.7. The lowest BCUT2D eigenvalue weighted by Crippen LogP contribution is -2.14. The second kappa shape index (κ2) is 5.94. The number of hydrogen-bond donors (Lipinski definition) is 0. The maximum atomic E-state index is 11.7. The van der Waals surface area contributed by atoms with Crippen LogP contribution < -0.4 is 0 Å². The third kappa shape index (κ3) is 2.93. The number of hydrogen-bond acceptors (Lipinski definition) is 3. The standard InChI is InChI=1S/C11H16O2S/c1-3-6-9(12)11(13-4-2)10-7-5-8-14-10/h5,7-8,11H,3-4,6H2,1-2H3. The highest BCUT2D eigenvalue weighted by atomic mass is 32.1. The van der Waals surface area contributed by atoms with Gasteiger partial charge in [0.2, 0.25) is 0 Å². The van der Waals surface area contributed by atoms with Gasteiger partial charge in [0.05, 0.1) is 0 Å². The summed E-state index contributed by atoms with van der Waals surface area (Å²) in [6.07, 6.45) is 1.15. The van der Waals surface area contributed by atoms with Crippen molar-refractivity contribution in [3.8, 4) is 0 Å². The van der Waals surface area contributed by atoms with Gasteiger partial charge in [-0.3, -0.25) is 4.79 Å². The van der Waals surface area contributed by atoms with E-state index in [-0.39, 0.29) is 11.9 Å². The summed E-state index contributed by atoms with van der Waals surface area (Å²) >= 11 is 1.58. The molecule has 78 valence electrons. The molecule has 1 aromatic rings. The van der Waals surface area contributed by atoms with Gasteiger partial charge in [0.25, 0.3) is 0 Å². The van der Waals surface area contributed by atoms with Crippen molar-refractivity contribution in [3.63, 3.8) is 0 Å². The summed E-state index contributed by atoms with van der Waals surface area (Å²) in [5.41, 5.74) is 0. The van der Waals surface area contributed by atoms with E-state index in [2.05, 4.69) is 0 Å². The van der Waals surface area contributed by atoms with Crippen molar-refractivity contribution in [2.24, 2.45) is 0 Å². The maximum absolute atomic E-state index is 11.7. The molecule has 0 saturated carbocycles. The van der Waals surface area contributed by atoms with E-state index in [1.807, 2.05) is 31.4 Å². The summed E-state index contributed by atoms with van der Waals surface area (Å²) < 4.78 is 5.46. The number of Topliss-reactive ketones (excluding diaryl/α,β-unsaturated/α-hetero) is 1. The highest BCUT2D eigenvalue weighted by Crippen LogP contribution is 2.24. The summed E-state index contributed by atoms with van der Waals surface area (Å²) in [4.78, 5) is 12.7. The molecular formula is C11H16O2S. The van der Waals surface area contributed by atoms with Crippen molar-refractivity contribution in [2.75, 3.05) is 6.61 Å². The molecule has 1 aromatic heterocycles. The Kier molecular flexibility index (Phi) is 4.84. The fraction of sp³-hybridized carbons (Fsp3) is 0.545. The van der Waals surface area contributed by atoms with Gasteiger partial charge < -0.3 is 4.74 Å². The van der Waals surface area contributed by atoms with E-state index < -0.39 is 0 Å². The smallest absolute Gasteiger partial charge is 0.166 e. The molecule has 0 aliphatic carbocycles. The quantitative estimate of drug-likeness (QED) is 0.724. The molecule has 1 heterocycles. The van der Waals surface area contributed by atoms with Gasteiger partial charge in [0.1, 0.15) is 6.10 Å². The molecule has 2 nitrogen and oxygen atoms in total. The van der Waals surface area contributed by atoms with Crippen molar-refractivity contribution < 1.29 is 9.53 Å². The van der Waals surface area contributed by atoms with E-state index in [9.17, 15) is 4.79 Å². The van der Waals surface area contributed by atoms with Gasteiger partial charge in [-0.2, -0.15) is 0 Å². The molecule has 0 aliphatic rings. The Morgan fingerprint density at radius 1 is 1.57 bits per heavy atom. The van der Waals surface area contributed by atoms with Crippen LogP contribution in [-0.4, -0.2) is 12.4 Å². The van der Waals surface area contributed by atoms with Gasteiger partial charge in [-0.15, -0.1) is 11.3 Å². The predicted octanol–water partition coefficient (Wildman–Crippen LogP) is 3.19. The monoisotopic (exact) mass is 212 g/mol. The van der Waals surface area contributed by atoms with Crippen LogP contribution in [-0.2, 0) is 9.53 Å². The first kappa shape index (κ1) is 11.4. The Balaban J connectivity index is 2.69. The largest absolute Gasteiger partial charge is 0.365 e. The minimum Gasteiger partial charge on any atom is -0.365 e. The number of thiophene rings is 1. The molecule has 1 rings (SSSR count). The SMILES string of the molecule is CCCC(=O)C(OCC)c1cccs1. The molecule has 0 N–H and O–H groups in total. The molecule has 0 aromatic carbocycles. The molecule has 0 spiro atoms. The molecule has 3 heteroatoms. The lowest BCUT2D eigenvalue weighted by atomic mass is 10.1. The van der Waals surface area contributed by atoms with Crippen LogP contribution in [0, 0.1) is 0 Å². The predicted molar refractivity (Wildman–Crippen MR) is 58.6 cm³/mol. The van der Waals surface area contributed by atoms with E-state index in [4.69, 9.17) is 4.74 Å². The first-order chi connectivity index (χ1) is 6.79. The zero-order chi connectivity index (χ0) is 10.4. The summed E-state index contributed by atoms with van der Waals surface area (Å²) in [5.74, 6) is 0.191. The van der Waals surface area contributed by atoms with Crippen LogP contribution in [0.2, 0.25) is 0 Å². The van der Waals surface area contributed by atoms with E-state index in [0.717, 1.165) is 11.3 Å². The summed E-state index contributed by atoms with van der Waals surface area (Å²) in [5, 5.41) is 1.97. The highest BCUT2D eigenvalue weighted by Gasteiger charge is 2.20. The number of ether oxygens (including phenoxy) is 1. The number of carbonyl (C=O) groups excluding carboxylic acids is 1. The third-order valence-corrected chi connectivity index (χ3v) is 2.84.